The molecule has 5 nitrogen and oxygen atoms in total. The molecule has 1 atom stereocenters. The third-order valence-electron chi connectivity index (χ3n) is 5.28. The normalized spacial score (nSPS) is 20.6. The highest BCUT2D eigenvalue weighted by Gasteiger charge is 2.27. The molecule has 2 fully saturated rings. The smallest absolute Gasteiger partial charge is 0.194 e. The van der Waals surface area contributed by atoms with Gasteiger partial charge in [0.15, 0.2) is 5.96 Å². The number of halogens is 2. The van der Waals surface area contributed by atoms with Crippen LogP contribution in [0.15, 0.2) is 23.2 Å². The SMILES string of the molecule is CCNC(=NCc1ccc(Cl)cc1OC)N1CCC(CN2CCCC2)C1.I. The summed E-state index contributed by atoms with van der Waals surface area (Å²) in [4.78, 5) is 9.90. The Labute approximate surface area is 185 Å². The maximum Gasteiger partial charge on any atom is 0.194 e. The highest BCUT2D eigenvalue weighted by atomic mass is 127. The minimum atomic E-state index is 0. The van der Waals surface area contributed by atoms with Gasteiger partial charge in [-0.1, -0.05) is 17.7 Å². The van der Waals surface area contributed by atoms with Crippen LogP contribution in [0.1, 0.15) is 31.7 Å². The largest absolute Gasteiger partial charge is 0.496 e. The summed E-state index contributed by atoms with van der Waals surface area (Å²) >= 11 is 6.06. The lowest BCUT2D eigenvalue weighted by Gasteiger charge is -2.23. The zero-order chi connectivity index (χ0) is 18.4. The minimum absolute atomic E-state index is 0. The lowest BCUT2D eigenvalue weighted by atomic mass is 10.1. The Kier molecular flexibility index (Phi) is 9.45. The molecule has 2 saturated heterocycles. The van der Waals surface area contributed by atoms with E-state index >= 15 is 0 Å². The lowest BCUT2D eigenvalue weighted by Crippen LogP contribution is -2.40. The molecule has 0 spiro atoms. The summed E-state index contributed by atoms with van der Waals surface area (Å²) in [5, 5.41) is 4.14. The van der Waals surface area contributed by atoms with Crippen molar-refractivity contribution < 1.29 is 4.74 Å². The second kappa shape index (κ2) is 11.3. The Morgan fingerprint density at radius 3 is 2.78 bits per heavy atom. The molecule has 27 heavy (non-hydrogen) atoms. The average molecular weight is 507 g/mol. The molecule has 7 heteroatoms. The highest BCUT2D eigenvalue weighted by molar-refractivity contribution is 14.0. The number of hydrogen-bond acceptors (Lipinski definition) is 3. The molecule has 0 bridgehead atoms. The summed E-state index contributed by atoms with van der Waals surface area (Å²) in [6, 6.07) is 5.74. The Hall–Kier alpha value is -0.730. The zero-order valence-corrected chi connectivity index (χ0v) is 19.5. The van der Waals surface area contributed by atoms with Gasteiger partial charge in [0, 0.05) is 36.8 Å². The van der Waals surface area contributed by atoms with Gasteiger partial charge in [0.25, 0.3) is 0 Å². The number of guanidine groups is 1. The molecule has 2 aliphatic heterocycles. The van der Waals surface area contributed by atoms with Crippen molar-refractivity contribution in [2.75, 3.05) is 46.4 Å². The highest BCUT2D eigenvalue weighted by Crippen LogP contribution is 2.24. The molecule has 0 saturated carbocycles. The number of benzene rings is 1. The van der Waals surface area contributed by atoms with E-state index in [-0.39, 0.29) is 24.0 Å². The quantitative estimate of drug-likeness (QED) is 0.361. The van der Waals surface area contributed by atoms with Crippen LogP contribution in [0, 0.1) is 5.92 Å². The van der Waals surface area contributed by atoms with E-state index in [0.29, 0.717) is 11.6 Å². The van der Waals surface area contributed by atoms with Gasteiger partial charge in [-0.25, -0.2) is 4.99 Å². The first kappa shape index (κ1) is 22.6. The molecule has 0 aliphatic carbocycles. The Morgan fingerprint density at radius 2 is 2.07 bits per heavy atom. The van der Waals surface area contributed by atoms with Crippen LogP contribution in [0.4, 0.5) is 0 Å². The predicted molar refractivity (Wildman–Crippen MR) is 124 cm³/mol. The monoisotopic (exact) mass is 506 g/mol. The molecule has 1 unspecified atom stereocenters. The van der Waals surface area contributed by atoms with Crippen LogP contribution >= 0.6 is 35.6 Å². The van der Waals surface area contributed by atoms with Crippen molar-refractivity contribution in [1.82, 2.24) is 15.1 Å². The maximum atomic E-state index is 6.06. The number of hydrogen-bond donors (Lipinski definition) is 1. The molecular formula is C20H32ClIN4O. The minimum Gasteiger partial charge on any atom is -0.496 e. The van der Waals surface area contributed by atoms with Gasteiger partial charge in [0.2, 0.25) is 0 Å². The van der Waals surface area contributed by atoms with E-state index in [0.717, 1.165) is 42.8 Å². The number of nitrogens with zero attached hydrogens (tertiary/aromatic N) is 3. The molecule has 3 rings (SSSR count). The predicted octanol–water partition coefficient (Wildman–Crippen LogP) is 3.85. The van der Waals surface area contributed by atoms with Crippen LogP contribution < -0.4 is 10.1 Å². The molecule has 0 radical (unpaired) electrons. The van der Waals surface area contributed by atoms with E-state index in [1.54, 1.807) is 7.11 Å². The Balaban J connectivity index is 0.00000261. The van der Waals surface area contributed by atoms with Crippen molar-refractivity contribution in [3.63, 3.8) is 0 Å². The van der Waals surface area contributed by atoms with Crippen molar-refractivity contribution in [2.24, 2.45) is 10.9 Å². The fourth-order valence-electron chi connectivity index (χ4n) is 3.94. The molecule has 1 N–H and O–H groups in total. The van der Waals surface area contributed by atoms with Gasteiger partial charge in [0.05, 0.1) is 13.7 Å². The molecule has 1 aromatic rings. The number of ether oxygens (including phenoxy) is 1. The summed E-state index contributed by atoms with van der Waals surface area (Å²) in [6.45, 7) is 9.57. The van der Waals surface area contributed by atoms with Gasteiger partial charge in [-0.3, -0.25) is 0 Å². The van der Waals surface area contributed by atoms with Crippen LogP contribution in [0.3, 0.4) is 0 Å². The van der Waals surface area contributed by atoms with Crippen molar-refractivity contribution in [1.29, 1.82) is 0 Å². The lowest BCUT2D eigenvalue weighted by molar-refractivity contribution is 0.281. The number of methoxy groups -OCH3 is 1. The Morgan fingerprint density at radius 1 is 1.30 bits per heavy atom. The first-order valence-corrected chi connectivity index (χ1v) is 10.2. The second-order valence-electron chi connectivity index (χ2n) is 7.23. The van der Waals surface area contributed by atoms with E-state index in [2.05, 4.69) is 22.0 Å². The third kappa shape index (κ3) is 6.39. The van der Waals surface area contributed by atoms with Crippen LogP contribution in [0.5, 0.6) is 5.75 Å². The zero-order valence-electron chi connectivity index (χ0n) is 16.4. The molecule has 2 aliphatic rings. The van der Waals surface area contributed by atoms with Crippen LogP contribution in [0.25, 0.3) is 0 Å². The van der Waals surface area contributed by atoms with Gasteiger partial charge >= 0.3 is 0 Å². The van der Waals surface area contributed by atoms with Crippen LogP contribution in [-0.2, 0) is 6.54 Å². The average Bonchev–Trinajstić information content (AvgIpc) is 3.32. The van der Waals surface area contributed by atoms with Gasteiger partial charge in [-0.2, -0.15) is 0 Å². The van der Waals surface area contributed by atoms with Crippen LogP contribution in [-0.4, -0.2) is 62.1 Å². The van der Waals surface area contributed by atoms with Crippen molar-refractivity contribution >= 4 is 41.5 Å². The summed E-state index contributed by atoms with van der Waals surface area (Å²) in [7, 11) is 1.67. The first-order chi connectivity index (χ1) is 12.7. The van der Waals surface area contributed by atoms with Crippen molar-refractivity contribution in [3.8, 4) is 5.75 Å². The summed E-state index contributed by atoms with van der Waals surface area (Å²) in [5.74, 6) is 2.56. The van der Waals surface area contributed by atoms with E-state index < -0.39 is 0 Å². The number of likely N-dealkylation sites (tertiary alicyclic amines) is 2. The van der Waals surface area contributed by atoms with Crippen LogP contribution in [0.2, 0.25) is 5.02 Å². The van der Waals surface area contributed by atoms with Gasteiger partial charge in [-0.05, 0) is 57.3 Å². The Bertz CT molecular complexity index is 622. The first-order valence-electron chi connectivity index (χ1n) is 9.77. The van der Waals surface area contributed by atoms with E-state index in [1.807, 2.05) is 18.2 Å². The number of rotatable bonds is 6. The van der Waals surface area contributed by atoms with Gasteiger partial charge in [-0.15, -0.1) is 24.0 Å². The van der Waals surface area contributed by atoms with Crippen molar-refractivity contribution in [2.45, 2.75) is 32.7 Å². The van der Waals surface area contributed by atoms with E-state index in [9.17, 15) is 0 Å². The topological polar surface area (TPSA) is 40.1 Å². The summed E-state index contributed by atoms with van der Waals surface area (Å²) < 4.78 is 5.44. The molecule has 0 aromatic heterocycles. The summed E-state index contributed by atoms with van der Waals surface area (Å²) in [6.07, 6.45) is 3.98. The molecule has 0 amide bonds. The van der Waals surface area contributed by atoms with Crippen molar-refractivity contribution in [3.05, 3.63) is 28.8 Å². The fraction of sp³-hybridized carbons (Fsp3) is 0.650. The number of aliphatic imine (C=N–C) groups is 1. The summed E-state index contributed by atoms with van der Waals surface area (Å²) in [5.41, 5.74) is 1.06. The van der Waals surface area contributed by atoms with E-state index in [1.165, 1.54) is 38.9 Å². The molecule has 152 valence electrons. The maximum absolute atomic E-state index is 6.06. The van der Waals surface area contributed by atoms with Gasteiger partial charge < -0.3 is 19.9 Å². The van der Waals surface area contributed by atoms with Gasteiger partial charge in [0.1, 0.15) is 5.75 Å². The molecule has 2 heterocycles. The number of nitrogens with one attached hydrogen (secondary N) is 1. The molecule has 1 aromatic carbocycles. The van der Waals surface area contributed by atoms with E-state index in [4.69, 9.17) is 21.3 Å². The fourth-order valence-corrected chi connectivity index (χ4v) is 4.10. The second-order valence-corrected chi connectivity index (χ2v) is 7.67. The molecular weight excluding hydrogens is 475 g/mol. The third-order valence-corrected chi connectivity index (χ3v) is 5.52. The standard InChI is InChI=1S/C20H31ClN4O.HI/c1-3-22-20(23-13-17-6-7-18(21)12-19(17)26-2)25-11-8-16(15-25)14-24-9-4-5-10-24;/h6-7,12,16H,3-5,8-11,13-15H2,1-2H3,(H,22,23);1H.